The molecule has 172 valence electrons. The van der Waals surface area contributed by atoms with Gasteiger partial charge in [0.2, 0.25) is 0 Å². The first-order valence-electron chi connectivity index (χ1n) is 11.4. The number of rotatable bonds is 4. The van der Waals surface area contributed by atoms with Gasteiger partial charge in [0.05, 0.1) is 0 Å². The molecule has 35 heavy (non-hydrogen) atoms. The number of hydrogen-bond donors (Lipinski definition) is 0. The third-order valence-corrected chi connectivity index (χ3v) is 6.93. The molecule has 5 nitrogen and oxygen atoms in total. The summed E-state index contributed by atoms with van der Waals surface area (Å²) in [6.45, 7) is 0.862. The molecular weight excluding hydrogens is 460 g/mol. The second-order valence-corrected chi connectivity index (χ2v) is 9.01. The predicted molar refractivity (Wildman–Crippen MR) is 134 cm³/mol. The number of carbonyl (C=O) groups is 2. The zero-order valence-electron chi connectivity index (χ0n) is 18.7. The lowest BCUT2D eigenvalue weighted by molar-refractivity contribution is 0.0375. The third-order valence-electron chi connectivity index (χ3n) is 6.68. The lowest BCUT2D eigenvalue weighted by atomic mass is 9.89. The molecule has 0 saturated carbocycles. The maximum absolute atomic E-state index is 13.9. The Kier molecular flexibility index (Phi) is 5.08. The Labute approximate surface area is 208 Å². The smallest absolute Gasteiger partial charge is 0.256 e. The molecule has 4 aromatic carbocycles. The van der Waals surface area contributed by atoms with Crippen LogP contribution in [-0.2, 0) is 5.66 Å². The molecule has 2 aliphatic rings. The number of benzene rings is 4. The molecule has 0 bridgehead atoms. The van der Waals surface area contributed by atoms with Crippen molar-refractivity contribution >= 4 is 23.4 Å². The Balaban J connectivity index is 1.41. The lowest BCUT2D eigenvalue weighted by Gasteiger charge is -2.40. The Hall–Kier alpha value is -4.09. The zero-order chi connectivity index (χ0) is 24.0. The van der Waals surface area contributed by atoms with Crippen molar-refractivity contribution in [3.8, 4) is 11.5 Å². The summed E-state index contributed by atoms with van der Waals surface area (Å²) in [4.78, 5) is 30.9. The first-order valence-corrected chi connectivity index (χ1v) is 11.8. The van der Waals surface area contributed by atoms with Gasteiger partial charge in [0, 0.05) is 40.4 Å². The molecule has 6 rings (SSSR count). The van der Waals surface area contributed by atoms with Crippen LogP contribution in [0.15, 0.2) is 103 Å². The lowest BCUT2D eigenvalue weighted by Crippen LogP contribution is -2.51. The van der Waals surface area contributed by atoms with Gasteiger partial charge in [0.25, 0.3) is 11.8 Å². The van der Waals surface area contributed by atoms with E-state index in [1.165, 1.54) is 0 Å². The zero-order valence-corrected chi connectivity index (χ0v) is 19.5. The van der Waals surface area contributed by atoms with Gasteiger partial charge in [-0.05, 0) is 54.6 Å². The van der Waals surface area contributed by atoms with Crippen molar-refractivity contribution in [2.24, 2.45) is 0 Å². The number of halogens is 1. The van der Waals surface area contributed by atoms with Crippen LogP contribution in [0, 0.1) is 0 Å². The van der Waals surface area contributed by atoms with E-state index in [1.54, 1.807) is 46.2 Å². The van der Waals surface area contributed by atoms with Crippen LogP contribution in [0.2, 0.25) is 5.02 Å². The van der Waals surface area contributed by atoms with E-state index < -0.39 is 5.66 Å². The van der Waals surface area contributed by atoms with E-state index in [9.17, 15) is 9.59 Å². The summed E-state index contributed by atoms with van der Waals surface area (Å²) in [5.41, 5.74) is 1.76. The van der Waals surface area contributed by atoms with Gasteiger partial charge in [0.1, 0.15) is 11.5 Å². The number of fused-ring (bicyclic) bond motifs is 3. The minimum absolute atomic E-state index is 0.0718. The van der Waals surface area contributed by atoms with Crippen molar-refractivity contribution in [2.45, 2.75) is 5.66 Å². The minimum atomic E-state index is -1.02. The van der Waals surface area contributed by atoms with Crippen LogP contribution in [0.25, 0.3) is 0 Å². The van der Waals surface area contributed by atoms with Crippen molar-refractivity contribution in [2.75, 3.05) is 13.1 Å². The standard InChI is InChI=1S/C29H21ClN2O3/c30-22-14-12-21(13-15-22)29-26-9-5-4-8-25(26)28(34)32(29)19-18-31(29)27(33)20-10-16-24(17-11-20)35-23-6-2-1-3-7-23/h1-17H,18-19H2. The van der Waals surface area contributed by atoms with E-state index in [4.69, 9.17) is 16.3 Å². The number of carbonyl (C=O) groups excluding carboxylic acids is 2. The van der Waals surface area contributed by atoms with Gasteiger partial charge in [-0.1, -0.05) is 60.1 Å². The Bertz CT molecular complexity index is 1420. The van der Waals surface area contributed by atoms with Crippen molar-refractivity contribution in [1.29, 1.82) is 0 Å². The van der Waals surface area contributed by atoms with Crippen LogP contribution in [0.3, 0.4) is 0 Å². The van der Waals surface area contributed by atoms with Gasteiger partial charge in [-0.2, -0.15) is 0 Å². The van der Waals surface area contributed by atoms with Crippen LogP contribution >= 0.6 is 11.6 Å². The van der Waals surface area contributed by atoms with Gasteiger partial charge in [-0.3, -0.25) is 9.59 Å². The average molecular weight is 481 g/mol. The second-order valence-electron chi connectivity index (χ2n) is 8.58. The molecule has 1 unspecified atom stereocenters. The van der Waals surface area contributed by atoms with Crippen LogP contribution in [0.4, 0.5) is 0 Å². The highest BCUT2D eigenvalue weighted by Gasteiger charge is 2.59. The summed E-state index contributed by atoms with van der Waals surface area (Å²) < 4.78 is 5.88. The molecule has 0 aromatic heterocycles. The molecule has 0 N–H and O–H groups in total. The Morgan fingerprint density at radius 2 is 1.43 bits per heavy atom. The molecule has 4 aromatic rings. The topological polar surface area (TPSA) is 49.9 Å². The molecule has 0 spiro atoms. The molecule has 6 heteroatoms. The first kappa shape index (κ1) is 21.4. The molecule has 2 heterocycles. The SMILES string of the molecule is O=C(c1ccc(Oc2ccccc2)cc1)N1CCN2C(=O)c3ccccc3C12c1ccc(Cl)cc1. The predicted octanol–water partition coefficient (Wildman–Crippen LogP) is 5.95. The van der Waals surface area contributed by atoms with Crippen molar-refractivity contribution < 1.29 is 14.3 Å². The van der Waals surface area contributed by atoms with Crippen molar-refractivity contribution in [3.63, 3.8) is 0 Å². The third kappa shape index (κ3) is 3.31. The highest BCUT2D eigenvalue weighted by Crippen LogP contribution is 2.50. The van der Waals surface area contributed by atoms with E-state index >= 15 is 0 Å². The number of amides is 2. The Morgan fingerprint density at radius 3 is 2.17 bits per heavy atom. The highest BCUT2D eigenvalue weighted by molar-refractivity contribution is 6.30. The van der Waals surface area contributed by atoms with Crippen LogP contribution in [0.5, 0.6) is 11.5 Å². The van der Waals surface area contributed by atoms with E-state index in [0.717, 1.165) is 16.9 Å². The Morgan fingerprint density at radius 1 is 0.771 bits per heavy atom. The molecule has 1 saturated heterocycles. The van der Waals surface area contributed by atoms with Gasteiger partial charge in [-0.25, -0.2) is 0 Å². The molecule has 0 radical (unpaired) electrons. The normalized spacial score (nSPS) is 18.4. The van der Waals surface area contributed by atoms with Gasteiger partial charge >= 0.3 is 0 Å². The summed E-state index contributed by atoms with van der Waals surface area (Å²) in [5, 5.41) is 0.596. The molecule has 2 aliphatic heterocycles. The molecule has 1 fully saturated rings. The van der Waals surface area contributed by atoms with Crippen LogP contribution in [-0.4, -0.2) is 34.7 Å². The summed E-state index contributed by atoms with van der Waals surface area (Å²) in [7, 11) is 0. The number of para-hydroxylation sites is 1. The molecule has 2 amide bonds. The second kappa shape index (κ2) is 8.29. The van der Waals surface area contributed by atoms with E-state index in [-0.39, 0.29) is 11.8 Å². The van der Waals surface area contributed by atoms with Crippen LogP contribution in [0.1, 0.15) is 31.8 Å². The van der Waals surface area contributed by atoms with E-state index in [1.807, 2.05) is 66.7 Å². The molecule has 1 atom stereocenters. The molecule has 0 aliphatic carbocycles. The van der Waals surface area contributed by atoms with Gasteiger partial charge in [0.15, 0.2) is 5.66 Å². The fraction of sp³-hybridized carbons (Fsp3) is 0.103. The average Bonchev–Trinajstić information content (AvgIpc) is 3.40. The molecular formula is C29H21ClN2O3. The van der Waals surface area contributed by atoms with E-state index in [2.05, 4.69) is 0 Å². The monoisotopic (exact) mass is 480 g/mol. The van der Waals surface area contributed by atoms with Crippen LogP contribution < -0.4 is 4.74 Å². The maximum atomic E-state index is 13.9. The van der Waals surface area contributed by atoms with Gasteiger partial charge < -0.3 is 14.5 Å². The highest BCUT2D eigenvalue weighted by atomic mass is 35.5. The number of hydrogen-bond acceptors (Lipinski definition) is 3. The fourth-order valence-electron chi connectivity index (χ4n) is 5.17. The minimum Gasteiger partial charge on any atom is -0.457 e. The maximum Gasteiger partial charge on any atom is 0.256 e. The first-order chi connectivity index (χ1) is 17.1. The van der Waals surface area contributed by atoms with E-state index in [0.29, 0.717) is 35.0 Å². The summed E-state index contributed by atoms with van der Waals surface area (Å²) in [6, 6.07) is 31.5. The summed E-state index contributed by atoms with van der Waals surface area (Å²) in [6.07, 6.45) is 0. The largest absolute Gasteiger partial charge is 0.457 e. The van der Waals surface area contributed by atoms with Gasteiger partial charge in [-0.15, -0.1) is 0 Å². The quantitative estimate of drug-likeness (QED) is 0.363. The van der Waals surface area contributed by atoms with Crippen molar-refractivity contribution in [3.05, 3.63) is 130 Å². The number of nitrogens with zero attached hydrogens (tertiary/aromatic N) is 2. The number of ether oxygens (including phenoxy) is 1. The fourth-order valence-corrected chi connectivity index (χ4v) is 5.30. The van der Waals surface area contributed by atoms with Crippen molar-refractivity contribution in [1.82, 2.24) is 9.80 Å². The summed E-state index contributed by atoms with van der Waals surface area (Å²) in [5.74, 6) is 1.14. The summed E-state index contributed by atoms with van der Waals surface area (Å²) >= 11 is 6.18.